The highest BCUT2D eigenvalue weighted by Crippen LogP contribution is 2.21. The van der Waals surface area contributed by atoms with Gasteiger partial charge in [0, 0.05) is 33.3 Å². The third-order valence-corrected chi connectivity index (χ3v) is 6.19. The van der Waals surface area contributed by atoms with E-state index in [2.05, 4.69) is 10.3 Å². The Morgan fingerprint density at radius 1 is 1.35 bits per heavy atom. The summed E-state index contributed by atoms with van der Waals surface area (Å²) in [5.41, 5.74) is 0.591. The van der Waals surface area contributed by atoms with Crippen molar-refractivity contribution in [1.29, 1.82) is 0 Å². The first kappa shape index (κ1) is 20.4. The van der Waals surface area contributed by atoms with E-state index < -0.39 is 10.0 Å². The van der Waals surface area contributed by atoms with Gasteiger partial charge in [0.25, 0.3) is 0 Å². The third-order valence-electron chi connectivity index (χ3n) is 4.23. The van der Waals surface area contributed by atoms with Gasteiger partial charge in [-0.25, -0.2) is 22.5 Å². The van der Waals surface area contributed by atoms with Crippen LogP contribution in [0.3, 0.4) is 0 Å². The number of aromatic nitrogens is 1. The molecule has 2 amide bonds. The maximum Gasteiger partial charge on any atom is 0.321 e. The van der Waals surface area contributed by atoms with Crippen molar-refractivity contribution < 1.29 is 17.9 Å². The van der Waals surface area contributed by atoms with Crippen LogP contribution in [0.25, 0.3) is 0 Å². The van der Waals surface area contributed by atoms with Crippen LogP contribution < -0.4 is 10.1 Å². The van der Waals surface area contributed by atoms with Crippen molar-refractivity contribution in [1.82, 2.24) is 14.2 Å². The molecule has 1 saturated heterocycles. The first-order valence-corrected chi connectivity index (χ1v) is 10.5. The van der Waals surface area contributed by atoms with E-state index in [1.54, 1.807) is 36.7 Å². The van der Waals surface area contributed by atoms with Crippen molar-refractivity contribution in [3.8, 4) is 5.88 Å². The number of piperidine rings is 1. The molecular weight excluding hydrogens is 356 g/mol. The maximum atomic E-state index is 12.2. The summed E-state index contributed by atoms with van der Waals surface area (Å²) in [6.45, 7) is 2.95. The largest absolute Gasteiger partial charge is 0.474 e. The minimum atomic E-state index is -3.15. The Morgan fingerprint density at radius 2 is 2.04 bits per heavy atom. The Morgan fingerprint density at radius 3 is 2.58 bits per heavy atom. The normalized spacial score (nSPS) is 16.3. The SMILES string of the molecule is CCCCS(=O)(=O)N1CCC(Oc2ccc(NC(=O)N(C)C)cn2)CC1. The number of hydrogen-bond acceptors (Lipinski definition) is 5. The summed E-state index contributed by atoms with van der Waals surface area (Å²) in [4.78, 5) is 17.2. The fourth-order valence-electron chi connectivity index (χ4n) is 2.61. The number of amides is 2. The third kappa shape index (κ3) is 5.84. The van der Waals surface area contributed by atoms with Gasteiger partial charge >= 0.3 is 6.03 Å². The van der Waals surface area contributed by atoms with Gasteiger partial charge in [-0.3, -0.25) is 0 Å². The molecule has 0 radical (unpaired) electrons. The summed E-state index contributed by atoms with van der Waals surface area (Å²) in [7, 11) is 0.175. The molecule has 8 nitrogen and oxygen atoms in total. The van der Waals surface area contributed by atoms with Crippen molar-refractivity contribution in [2.24, 2.45) is 0 Å². The van der Waals surface area contributed by atoms with Gasteiger partial charge in [0.1, 0.15) is 6.10 Å². The standard InChI is InChI=1S/C17H28N4O4S/c1-4-5-12-26(23,24)21-10-8-15(9-11-21)25-16-7-6-14(13-18-16)19-17(22)20(2)3/h6-7,13,15H,4-5,8-12H2,1-3H3,(H,19,22). The molecule has 0 saturated carbocycles. The molecule has 0 aromatic carbocycles. The second-order valence-corrected chi connectivity index (χ2v) is 8.68. The minimum absolute atomic E-state index is 0.0534. The van der Waals surface area contributed by atoms with E-state index in [1.807, 2.05) is 6.92 Å². The summed E-state index contributed by atoms with van der Waals surface area (Å²) >= 11 is 0. The number of nitrogens with one attached hydrogen (secondary N) is 1. The molecular formula is C17H28N4O4S. The van der Waals surface area contributed by atoms with Gasteiger partial charge in [-0.05, 0) is 25.3 Å². The monoisotopic (exact) mass is 384 g/mol. The lowest BCUT2D eigenvalue weighted by Crippen LogP contribution is -2.42. The number of carbonyl (C=O) groups excluding carboxylic acids is 1. The zero-order valence-electron chi connectivity index (χ0n) is 15.6. The van der Waals surface area contributed by atoms with E-state index in [0.29, 0.717) is 43.9 Å². The number of anilines is 1. The van der Waals surface area contributed by atoms with Crippen LogP contribution in [-0.4, -0.2) is 67.7 Å². The van der Waals surface area contributed by atoms with Crippen molar-refractivity contribution in [3.05, 3.63) is 18.3 Å². The fraction of sp³-hybridized carbons (Fsp3) is 0.647. The zero-order chi connectivity index (χ0) is 19.2. The number of nitrogens with zero attached hydrogens (tertiary/aromatic N) is 3. The Labute approximate surface area is 155 Å². The van der Waals surface area contributed by atoms with Crippen LogP contribution >= 0.6 is 0 Å². The van der Waals surface area contributed by atoms with Crippen molar-refractivity contribution in [2.45, 2.75) is 38.7 Å². The van der Waals surface area contributed by atoms with E-state index in [0.717, 1.165) is 6.42 Å². The molecule has 2 heterocycles. The van der Waals surface area contributed by atoms with Gasteiger partial charge in [0.15, 0.2) is 0 Å². The molecule has 1 aliphatic heterocycles. The maximum absolute atomic E-state index is 12.2. The average molecular weight is 385 g/mol. The lowest BCUT2D eigenvalue weighted by atomic mass is 10.1. The topological polar surface area (TPSA) is 91.8 Å². The molecule has 146 valence electrons. The van der Waals surface area contributed by atoms with Gasteiger partial charge in [0.2, 0.25) is 15.9 Å². The summed E-state index contributed by atoms with van der Waals surface area (Å²) in [6, 6.07) is 3.21. The van der Waals surface area contributed by atoms with Crippen LogP contribution in [0, 0.1) is 0 Å². The van der Waals surface area contributed by atoms with Gasteiger partial charge in [-0.15, -0.1) is 0 Å². The predicted molar refractivity (Wildman–Crippen MR) is 101 cm³/mol. The molecule has 1 aromatic heterocycles. The zero-order valence-corrected chi connectivity index (χ0v) is 16.5. The van der Waals surface area contributed by atoms with Crippen LogP contribution in [0.1, 0.15) is 32.6 Å². The Bertz CT molecular complexity index is 683. The number of pyridine rings is 1. The van der Waals surface area contributed by atoms with E-state index in [1.165, 1.54) is 4.90 Å². The van der Waals surface area contributed by atoms with Crippen LogP contribution in [0.2, 0.25) is 0 Å². The van der Waals surface area contributed by atoms with E-state index in [4.69, 9.17) is 4.74 Å². The highest BCUT2D eigenvalue weighted by molar-refractivity contribution is 7.89. The van der Waals surface area contributed by atoms with E-state index >= 15 is 0 Å². The van der Waals surface area contributed by atoms with Gasteiger partial charge in [-0.2, -0.15) is 0 Å². The van der Waals surface area contributed by atoms with Crippen molar-refractivity contribution >= 4 is 21.7 Å². The van der Waals surface area contributed by atoms with Crippen LogP contribution in [0.5, 0.6) is 5.88 Å². The smallest absolute Gasteiger partial charge is 0.321 e. The first-order valence-electron chi connectivity index (χ1n) is 8.90. The summed E-state index contributed by atoms with van der Waals surface area (Å²) in [5.74, 6) is 0.691. The van der Waals surface area contributed by atoms with Crippen LogP contribution in [0.15, 0.2) is 18.3 Å². The van der Waals surface area contributed by atoms with Gasteiger partial charge in [-0.1, -0.05) is 13.3 Å². The van der Waals surface area contributed by atoms with Crippen LogP contribution in [-0.2, 0) is 10.0 Å². The van der Waals surface area contributed by atoms with Crippen molar-refractivity contribution in [2.75, 3.05) is 38.3 Å². The second-order valence-electron chi connectivity index (χ2n) is 6.60. The van der Waals surface area contributed by atoms with Crippen molar-refractivity contribution in [3.63, 3.8) is 0 Å². The number of sulfonamides is 1. The summed E-state index contributed by atoms with van der Waals surface area (Å²) in [6.07, 6.45) is 4.34. The highest BCUT2D eigenvalue weighted by Gasteiger charge is 2.28. The minimum Gasteiger partial charge on any atom is -0.474 e. The molecule has 1 fully saturated rings. The molecule has 0 aliphatic carbocycles. The molecule has 1 aromatic rings. The van der Waals surface area contributed by atoms with Gasteiger partial charge in [0.05, 0.1) is 17.6 Å². The van der Waals surface area contributed by atoms with Crippen LogP contribution in [0.4, 0.5) is 10.5 Å². The number of hydrogen-bond donors (Lipinski definition) is 1. The number of rotatable bonds is 7. The molecule has 1 N–H and O–H groups in total. The quantitative estimate of drug-likeness (QED) is 0.778. The Hall–Kier alpha value is -1.87. The number of carbonyl (C=O) groups is 1. The van der Waals surface area contributed by atoms with E-state index in [-0.39, 0.29) is 17.9 Å². The average Bonchev–Trinajstić information content (AvgIpc) is 2.62. The Kier molecular flexibility index (Phi) is 7.22. The number of unbranched alkanes of at least 4 members (excludes halogenated alkanes) is 1. The Balaban J connectivity index is 1.83. The molecule has 0 atom stereocenters. The lowest BCUT2D eigenvalue weighted by molar-refractivity contribution is 0.130. The molecule has 0 bridgehead atoms. The molecule has 26 heavy (non-hydrogen) atoms. The van der Waals surface area contributed by atoms with Gasteiger partial charge < -0.3 is 15.0 Å². The lowest BCUT2D eigenvalue weighted by Gasteiger charge is -2.31. The second kappa shape index (κ2) is 9.18. The number of urea groups is 1. The predicted octanol–water partition coefficient (Wildman–Crippen LogP) is 2.15. The fourth-order valence-corrected chi connectivity index (χ4v) is 4.29. The molecule has 0 spiro atoms. The molecule has 9 heteroatoms. The molecule has 2 rings (SSSR count). The molecule has 1 aliphatic rings. The summed E-state index contributed by atoms with van der Waals surface area (Å²) in [5, 5.41) is 2.71. The number of ether oxygens (including phenoxy) is 1. The summed E-state index contributed by atoms with van der Waals surface area (Å²) < 4.78 is 31.8. The highest BCUT2D eigenvalue weighted by atomic mass is 32.2. The van der Waals surface area contributed by atoms with E-state index in [9.17, 15) is 13.2 Å². The first-order chi connectivity index (χ1) is 12.3. The molecule has 0 unspecified atom stereocenters.